The lowest BCUT2D eigenvalue weighted by Crippen LogP contribution is -2.58. The fourth-order valence-corrected chi connectivity index (χ4v) is 3.71. The maximum Gasteiger partial charge on any atom is 0.168 e. The zero-order chi connectivity index (χ0) is 17.3. The van der Waals surface area contributed by atoms with Crippen LogP contribution in [0.2, 0.25) is 0 Å². The van der Waals surface area contributed by atoms with Gasteiger partial charge in [0.2, 0.25) is 0 Å². The van der Waals surface area contributed by atoms with Crippen molar-refractivity contribution >= 4 is 0 Å². The highest BCUT2D eigenvalue weighted by Gasteiger charge is 2.52. The highest BCUT2D eigenvalue weighted by molar-refractivity contribution is 4.93. The van der Waals surface area contributed by atoms with E-state index in [0.29, 0.717) is 26.4 Å². The molecule has 2 spiro atoms. The van der Waals surface area contributed by atoms with Gasteiger partial charge in [-0.2, -0.15) is 0 Å². The van der Waals surface area contributed by atoms with Gasteiger partial charge in [0, 0.05) is 36.5 Å². The van der Waals surface area contributed by atoms with Gasteiger partial charge in [0.05, 0.1) is 39.6 Å². The molecule has 24 heavy (non-hydrogen) atoms. The third kappa shape index (κ3) is 3.24. The van der Waals surface area contributed by atoms with E-state index in [1.54, 1.807) is 0 Å². The van der Waals surface area contributed by atoms with Crippen LogP contribution in [0.5, 0.6) is 0 Å². The summed E-state index contributed by atoms with van der Waals surface area (Å²) in [5.41, 5.74) is -0.528. The molecule has 0 bridgehead atoms. The second-order valence-corrected chi connectivity index (χ2v) is 8.00. The minimum absolute atomic E-state index is 0.0933. The molecule has 1 aliphatic carbocycles. The molecule has 2 saturated heterocycles. The van der Waals surface area contributed by atoms with Crippen molar-refractivity contribution in [2.75, 3.05) is 39.6 Å². The molecule has 0 aromatic heterocycles. The summed E-state index contributed by atoms with van der Waals surface area (Å²) in [6, 6.07) is 0. The van der Waals surface area contributed by atoms with E-state index in [-0.39, 0.29) is 24.0 Å². The Kier molecular flexibility index (Phi) is 5.27. The van der Waals surface area contributed by atoms with Gasteiger partial charge in [0.25, 0.3) is 0 Å². The van der Waals surface area contributed by atoms with Crippen LogP contribution in [-0.4, -0.2) is 61.4 Å². The average molecular weight is 344 g/mol. The smallest absolute Gasteiger partial charge is 0.168 e. The Morgan fingerprint density at radius 2 is 0.917 bits per heavy atom. The summed E-state index contributed by atoms with van der Waals surface area (Å²) >= 11 is 0. The van der Waals surface area contributed by atoms with E-state index >= 15 is 0 Å². The normalized spacial score (nSPS) is 46.5. The lowest BCUT2D eigenvalue weighted by atomic mass is 9.82. The SMILES string of the molecule is CCC1(CO)COC2(CCC3(CC2)OCC(CC)(CO)CO3)OC1. The van der Waals surface area contributed by atoms with E-state index < -0.39 is 11.6 Å². The molecule has 0 aromatic carbocycles. The van der Waals surface area contributed by atoms with Gasteiger partial charge in [-0.1, -0.05) is 13.8 Å². The van der Waals surface area contributed by atoms with Gasteiger partial charge < -0.3 is 29.2 Å². The molecule has 3 rings (SSSR count). The number of ether oxygens (including phenoxy) is 4. The summed E-state index contributed by atoms with van der Waals surface area (Å²) in [7, 11) is 0. The van der Waals surface area contributed by atoms with Crippen LogP contribution in [0.15, 0.2) is 0 Å². The zero-order valence-electron chi connectivity index (χ0n) is 15.0. The second-order valence-electron chi connectivity index (χ2n) is 8.00. The second kappa shape index (κ2) is 6.82. The molecule has 0 aromatic rings. The van der Waals surface area contributed by atoms with Gasteiger partial charge in [-0.15, -0.1) is 0 Å². The Hall–Kier alpha value is -0.240. The lowest BCUT2D eigenvalue weighted by molar-refractivity contribution is -0.370. The van der Waals surface area contributed by atoms with Crippen LogP contribution in [0.1, 0.15) is 52.4 Å². The van der Waals surface area contributed by atoms with Crippen LogP contribution in [-0.2, 0) is 18.9 Å². The summed E-state index contributed by atoms with van der Waals surface area (Å²) in [5, 5.41) is 19.2. The molecule has 140 valence electrons. The predicted octanol–water partition coefficient (Wildman–Crippen LogP) is 1.82. The molecule has 0 unspecified atom stereocenters. The Morgan fingerprint density at radius 3 is 1.12 bits per heavy atom. The predicted molar refractivity (Wildman–Crippen MR) is 87.4 cm³/mol. The molecular weight excluding hydrogens is 312 g/mol. The van der Waals surface area contributed by atoms with Crippen LogP contribution in [0.25, 0.3) is 0 Å². The highest BCUT2D eigenvalue weighted by Crippen LogP contribution is 2.47. The van der Waals surface area contributed by atoms with E-state index in [9.17, 15) is 10.2 Å². The average Bonchev–Trinajstić information content (AvgIpc) is 2.67. The van der Waals surface area contributed by atoms with E-state index in [1.165, 1.54) is 0 Å². The molecule has 2 N–H and O–H groups in total. The van der Waals surface area contributed by atoms with Crippen molar-refractivity contribution in [3.63, 3.8) is 0 Å². The summed E-state index contributed by atoms with van der Waals surface area (Å²) in [4.78, 5) is 0. The van der Waals surface area contributed by atoms with Crippen molar-refractivity contribution in [3.8, 4) is 0 Å². The lowest BCUT2D eigenvalue weighted by Gasteiger charge is -2.53. The first-order valence-corrected chi connectivity index (χ1v) is 9.26. The molecular formula is C18H32O6. The summed E-state index contributed by atoms with van der Waals surface area (Å²) in [5.74, 6) is -1.11. The Bertz CT molecular complexity index is 357. The van der Waals surface area contributed by atoms with E-state index in [4.69, 9.17) is 18.9 Å². The summed E-state index contributed by atoms with van der Waals surface area (Å²) in [6.07, 6.45) is 4.62. The Balaban J connectivity index is 1.55. The number of aliphatic hydroxyl groups excluding tert-OH is 2. The molecule has 2 aliphatic heterocycles. The van der Waals surface area contributed by atoms with Gasteiger partial charge in [-0.25, -0.2) is 0 Å². The maximum atomic E-state index is 9.60. The molecule has 1 saturated carbocycles. The number of rotatable bonds is 4. The number of hydrogen-bond acceptors (Lipinski definition) is 6. The molecule has 0 atom stereocenters. The third-order valence-electron chi connectivity index (χ3n) is 6.51. The van der Waals surface area contributed by atoms with Crippen LogP contribution in [0, 0.1) is 10.8 Å². The van der Waals surface area contributed by atoms with Crippen LogP contribution in [0.3, 0.4) is 0 Å². The van der Waals surface area contributed by atoms with Crippen molar-refractivity contribution in [2.45, 2.75) is 63.9 Å². The van der Waals surface area contributed by atoms with E-state index in [2.05, 4.69) is 13.8 Å². The maximum absolute atomic E-state index is 9.60. The monoisotopic (exact) mass is 344 g/mol. The van der Waals surface area contributed by atoms with Gasteiger partial charge in [-0.3, -0.25) is 0 Å². The first-order chi connectivity index (χ1) is 11.5. The Morgan fingerprint density at radius 1 is 0.625 bits per heavy atom. The van der Waals surface area contributed by atoms with Crippen LogP contribution >= 0.6 is 0 Å². The third-order valence-corrected chi connectivity index (χ3v) is 6.51. The molecule has 3 aliphatic rings. The first kappa shape index (κ1) is 18.5. The number of aliphatic hydroxyl groups is 2. The van der Waals surface area contributed by atoms with Crippen molar-refractivity contribution in [1.29, 1.82) is 0 Å². The quantitative estimate of drug-likeness (QED) is 0.810. The van der Waals surface area contributed by atoms with Crippen molar-refractivity contribution in [1.82, 2.24) is 0 Å². The fraction of sp³-hybridized carbons (Fsp3) is 1.00. The number of hydrogen-bond donors (Lipinski definition) is 2. The van der Waals surface area contributed by atoms with Crippen LogP contribution in [0.4, 0.5) is 0 Å². The Labute approximate surface area is 144 Å². The van der Waals surface area contributed by atoms with Gasteiger partial charge >= 0.3 is 0 Å². The van der Waals surface area contributed by atoms with Crippen molar-refractivity contribution in [2.24, 2.45) is 10.8 Å². The first-order valence-electron chi connectivity index (χ1n) is 9.26. The fourth-order valence-electron chi connectivity index (χ4n) is 3.71. The molecule has 6 heteroatoms. The van der Waals surface area contributed by atoms with Gasteiger partial charge in [-0.05, 0) is 12.8 Å². The van der Waals surface area contributed by atoms with Gasteiger partial charge in [0.1, 0.15) is 0 Å². The van der Waals surface area contributed by atoms with E-state index in [1.807, 2.05) is 0 Å². The molecule has 2 heterocycles. The standard InChI is InChI=1S/C18H32O6/c1-3-15(9-19)11-21-17(22-12-15)5-7-18(8-6-17)23-13-16(4-2,10-20)14-24-18/h19-20H,3-14H2,1-2H3. The summed E-state index contributed by atoms with van der Waals surface area (Å²) in [6.45, 7) is 6.46. The zero-order valence-corrected chi connectivity index (χ0v) is 15.0. The summed E-state index contributed by atoms with van der Waals surface area (Å²) < 4.78 is 24.4. The van der Waals surface area contributed by atoms with Gasteiger partial charge in [0.15, 0.2) is 11.6 Å². The minimum Gasteiger partial charge on any atom is -0.396 e. The molecule has 6 nitrogen and oxygen atoms in total. The minimum atomic E-state index is -0.553. The molecule has 0 amide bonds. The molecule has 3 fully saturated rings. The van der Waals surface area contributed by atoms with Crippen molar-refractivity contribution in [3.05, 3.63) is 0 Å². The highest BCUT2D eigenvalue weighted by atomic mass is 16.7. The van der Waals surface area contributed by atoms with E-state index in [0.717, 1.165) is 38.5 Å². The largest absolute Gasteiger partial charge is 0.396 e. The topological polar surface area (TPSA) is 77.4 Å². The van der Waals surface area contributed by atoms with Crippen molar-refractivity contribution < 1.29 is 29.2 Å². The van der Waals surface area contributed by atoms with Crippen LogP contribution < -0.4 is 0 Å². The molecule has 0 radical (unpaired) electrons.